The molecule has 41 heavy (non-hydrogen) atoms. The van der Waals surface area contributed by atoms with Crippen molar-refractivity contribution in [3.8, 4) is 6.07 Å². The summed E-state index contributed by atoms with van der Waals surface area (Å²) in [6.45, 7) is 4.35. The molecule has 6 atom stereocenters. The molecule has 5 rings (SSSR count). The van der Waals surface area contributed by atoms with Gasteiger partial charge in [-0.05, 0) is 43.2 Å². The van der Waals surface area contributed by atoms with Crippen molar-refractivity contribution in [2.24, 2.45) is 11.8 Å². The number of likely N-dealkylation sites (tertiary alicyclic amines) is 1. The maximum absolute atomic E-state index is 13.5. The molecule has 2 aromatic rings. The second-order valence-corrected chi connectivity index (χ2v) is 12.1. The van der Waals surface area contributed by atoms with Crippen molar-refractivity contribution < 1.29 is 29.4 Å². The molecule has 0 bridgehead atoms. The van der Waals surface area contributed by atoms with Crippen molar-refractivity contribution >= 4 is 41.5 Å². The Morgan fingerprint density at radius 3 is 2.61 bits per heavy atom. The van der Waals surface area contributed by atoms with E-state index >= 15 is 0 Å². The fourth-order valence-electron chi connectivity index (χ4n) is 6.09. The van der Waals surface area contributed by atoms with Crippen LogP contribution in [0, 0.1) is 23.2 Å². The summed E-state index contributed by atoms with van der Waals surface area (Å²) in [6, 6.07) is 14.9. The van der Waals surface area contributed by atoms with Gasteiger partial charge < -0.3 is 20.4 Å². The highest BCUT2D eigenvalue weighted by Crippen LogP contribution is 2.52. The molecule has 0 aliphatic carbocycles. The molecule has 3 aliphatic rings. The number of hydrogen-bond donors (Lipinski definition) is 3. The third kappa shape index (κ3) is 5.38. The van der Waals surface area contributed by atoms with E-state index in [2.05, 4.69) is 11.4 Å². The van der Waals surface area contributed by atoms with Gasteiger partial charge in [0.15, 0.2) is 0 Å². The SMILES string of the molecule is C[C@@H](O)[C@H]1C(=O)N2C(C(=O)O)=C(S[C@H]3C[C@@H](C(=O)Nc4cccc(C=O)c4)N(Cc4ccc(C#N)cc4)C3)[C@H](C)[C@H]12. The van der Waals surface area contributed by atoms with E-state index in [0.29, 0.717) is 47.5 Å². The number of aliphatic carboxylic acids is 1. The first-order valence-corrected chi connectivity index (χ1v) is 14.2. The number of hydrogen-bond acceptors (Lipinski definition) is 8. The Hall–Kier alpha value is -3.98. The molecule has 0 unspecified atom stereocenters. The summed E-state index contributed by atoms with van der Waals surface area (Å²) >= 11 is 1.39. The molecule has 212 valence electrons. The molecule has 0 radical (unpaired) electrons. The van der Waals surface area contributed by atoms with Crippen LogP contribution in [-0.2, 0) is 20.9 Å². The number of aldehydes is 1. The largest absolute Gasteiger partial charge is 0.477 e. The van der Waals surface area contributed by atoms with Crippen molar-refractivity contribution in [2.45, 2.75) is 50.3 Å². The maximum atomic E-state index is 13.5. The second kappa shape index (κ2) is 11.5. The van der Waals surface area contributed by atoms with E-state index < -0.39 is 30.1 Å². The summed E-state index contributed by atoms with van der Waals surface area (Å²) in [5.41, 5.74) is 2.36. The summed E-state index contributed by atoms with van der Waals surface area (Å²) < 4.78 is 0. The fraction of sp³-hybridized carbons (Fsp3) is 0.367. The number of nitriles is 1. The molecular weight excluding hydrogens is 544 g/mol. The smallest absolute Gasteiger partial charge is 0.353 e. The number of aliphatic hydroxyl groups is 1. The predicted octanol–water partition coefficient (Wildman–Crippen LogP) is 2.84. The predicted molar refractivity (Wildman–Crippen MR) is 151 cm³/mol. The highest BCUT2D eigenvalue weighted by molar-refractivity contribution is 8.03. The van der Waals surface area contributed by atoms with Crippen LogP contribution in [0.4, 0.5) is 5.69 Å². The highest BCUT2D eigenvalue weighted by Gasteiger charge is 2.60. The third-order valence-corrected chi connectivity index (χ3v) is 9.53. The van der Waals surface area contributed by atoms with E-state index in [1.54, 1.807) is 43.3 Å². The molecule has 0 saturated carbocycles. The Morgan fingerprint density at radius 1 is 1.24 bits per heavy atom. The van der Waals surface area contributed by atoms with E-state index in [1.807, 2.05) is 24.0 Å². The van der Waals surface area contributed by atoms with Gasteiger partial charge in [-0.1, -0.05) is 31.2 Å². The number of rotatable bonds is 9. The van der Waals surface area contributed by atoms with Crippen molar-refractivity contribution in [3.63, 3.8) is 0 Å². The molecule has 2 saturated heterocycles. The van der Waals surface area contributed by atoms with Crippen molar-refractivity contribution in [3.05, 3.63) is 75.8 Å². The first kappa shape index (κ1) is 28.5. The number of amides is 2. The number of benzene rings is 2. The lowest BCUT2D eigenvalue weighted by molar-refractivity contribution is -0.163. The van der Waals surface area contributed by atoms with Gasteiger partial charge in [0.05, 0.1) is 35.7 Å². The first-order chi connectivity index (χ1) is 19.6. The summed E-state index contributed by atoms with van der Waals surface area (Å²) in [6.07, 6.45) is 0.259. The van der Waals surface area contributed by atoms with Gasteiger partial charge in [-0.25, -0.2) is 4.79 Å². The Balaban J connectivity index is 1.39. The summed E-state index contributed by atoms with van der Waals surface area (Å²) in [5.74, 6) is -2.72. The number of aliphatic hydroxyl groups excluding tert-OH is 1. The van der Waals surface area contributed by atoms with Gasteiger partial charge >= 0.3 is 5.97 Å². The Morgan fingerprint density at radius 2 is 1.98 bits per heavy atom. The molecule has 2 fully saturated rings. The molecule has 3 aliphatic heterocycles. The van der Waals surface area contributed by atoms with E-state index in [9.17, 15) is 29.4 Å². The number of fused-ring (bicyclic) bond motifs is 1. The molecule has 2 amide bonds. The van der Waals surface area contributed by atoms with E-state index in [4.69, 9.17) is 5.26 Å². The van der Waals surface area contributed by atoms with Crippen molar-refractivity contribution in [1.29, 1.82) is 5.26 Å². The third-order valence-electron chi connectivity index (χ3n) is 8.03. The molecule has 2 aromatic carbocycles. The van der Waals surface area contributed by atoms with E-state index in [0.717, 1.165) is 5.56 Å². The molecule has 10 nitrogen and oxygen atoms in total. The lowest BCUT2D eigenvalue weighted by Crippen LogP contribution is -2.63. The highest BCUT2D eigenvalue weighted by atomic mass is 32.2. The Labute approximate surface area is 241 Å². The number of thioether (sulfide) groups is 1. The normalized spacial score (nSPS) is 26.2. The van der Waals surface area contributed by atoms with Crippen LogP contribution >= 0.6 is 11.8 Å². The summed E-state index contributed by atoms with van der Waals surface area (Å²) in [5, 5.41) is 32.1. The number of nitrogens with zero attached hydrogens (tertiary/aromatic N) is 3. The first-order valence-electron chi connectivity index (χ1n) is 13.4. The van der Waals surface area contributed by atoms with Crippen LogP contribution in [0.3, 0.4) is 0 Å². The minimum atomic E-state index is -1.18. The Kier molecular flexibility index (Phi) is 8.00. The van der Waals surface area contributed by atoms with Crippen LogP contribution in [0.5, 0.6) is 0 Å². The Bertz CT molecular complexity index is 1470. The molecular formula is C30H30N4O6S. The minimum Gasteiger partial charge on any atom is -0.477 e. The lowest BCUT2D eigenvalue weighted by Gasteiger charge is -2.46. The number of carboxylic acids is 1. The van der Waals surface area contributed by atoms with Crippen molar-refractivity contribution in [2.75, 3.05) is 11.9 Å². The van der Waals surface area contributed by atoms with Crippen molar-refractivity contribution in [1.82, 2.24) is 9.80 Å². The summed E-state index contributed by atoms with van der Waals surface area (Å²) in [7, 11) is 0. The fourth-order valence-corrected chi connectivity index (χ4v) is 7.64. The zero-order valence-electron chi connectivity index (χ0n) is 22.6. The van der Waals surface area contributed by atoms with Crippen LogP contribution in [0.25, 0.3) is 0 Å². The van der Waals surface area contributed by atoms with Crippen LogP contribution in [0.2, 0.25) is 0 Å². The van der Waals surface area contributed by atoms with E-state index in [1.165, 1.54) is 16.7 Å². The monoisotopic (exact) mass is 574 g/mol. The topological polar surface area (TPSA) is 151 Å². The quantitative estimate of drug-likeness (QED) is 0.303. The van der Waals surface area contributed by atoms with Crippen LogP contribution in [0.15, 0.2) is 59.1 Å². The standard InChI is InChI=1S/C30H30N4O6S/c1-16-25-24(17(2)36)29(38)34(25)26(30(39)40)27(16)41-22-11-23(28(37)32-21-5-3-4-20(10-21)15-35)33(14-22)13-19-8-6-18(12-31)7-9-19/h3-10,15-17,22-25,36H,11,13-14H2,1-2H3,(H,32,37)(H,39,40)/t16-,17-,22+,23+,24-,25-/m1/s1. The van der Waals surface area contributed by atoms with Gasteiger partial charge in [0, 0.05) is 40.4 Å². The van der Waals surface area contributed by atoms with E-state index in [-0.39, 0.29) is 28.7 Å². The molecule has 11 heteroatoms. The van der Waals surface area contributed by atoms with Crippen LogP contribution in [0.1, 0.15) is 41.8 Å². The van der Waals surface area contributed by atoms with Gasteiger partial charge in [-0.15, -0.1) is 11.8 Å². The average molecular weight is 575 g/mol. The zero-order chi connectivity index (χ0) is 29.4. The number of nitrogens with one attached hydrogen (secondary N) is 1. The maximum Gasteiger partial charge on any atom is 0.353 e. The number of β-lactam (4-membered cyclic amide) rings is 1. The van der Waals surface area contributed by atoms with Gasteiger partial charge in [-0.3, -0.25) is 19.3 Å². The molecule has 0 aromatic heterocycles. The molecule has 3 heterocycles. The van der Waals surface area contributed by atoms with Gasteiger partial charge in [0.25, 0.3) is 0 Å². The number of carbonyl (C=O) groups is 4. The number of anilines is 1. The number of carbonyl (C=O) groups excluding carboxylic acids is 3. The average Bonchev–Trinajstić information content (AvgIpc) is 3.45. The summed E-state index contributed by atoms with van der Waals surface area (Å²) in [4.78, 5) is 53.7. The van der Waals surface area contributed by atoms with Crippen LogP contribution in [-0.4, -0.2) is 74.1 Å². The van der Waals surface area contributed by atoms with Gasteiger partial charge in [0.2, 0.25) is 11.8 Å². The minimum absolute atomic E-state index is 0.0355. The zero-order valence-corrected chi connectivity index (χ0v) is 23.4. The van der Waals surface area contributed by atoms with Gasteiger partial charge in [-0.2, -0.15) is 5.26 Å². The molecule has 0 spiro atoms. The second-order valence-electron chi connectivity index (χ2n) is 10.7. The molecule has 3 N–H and O–H groups in total. The lowest BCUT2D eigenvalue weighted by atomic mass is 9.79. The van der Waals surface area contributed by atoms with Gasteiger partial charge in [0.1, 0.15) is 12.0 Å². The number of carboxylic acid groups (broad SMARTS) is 1. The van der Waals surface area contributed by atoms with Crippen LogP contribution < -0.4 is 5.32 Å².